The van der Waals surface area contributed by atoms with Gasteiger partial charge in [0.1, 0.15) is 16.8 Å². The number of nitrogens with one attached hydrogen (secondary N) is 2. The maximum Gasteiger partial charge on any atom is 0.573 e. The summed E-state index contributed by atoms with van der Waals surface area (Å²) in [4.78, 5) is 17.8. The van der Waals surface area contributed by atoms with Crippen LogP contribution in [-0.2, 0) is 0 Å². The topological polar surface area (TPSA) is 102 Å². The van der Waals surface area contributed by atoms with Crippen LogP contribution >= 0.6 is 0 Å². The molecule has 2 N–H and O–H groups in total. The number of allylic oxidation sites excluding steroid dienone is 5. The molecule has 0 unspecified atom stereocenters. The molecule has 0 saturated carbocycles. The van der Waals surface area contributed by atoms with Crippen LogP contribution in [0.4, 0.5) is 22.0 Å². The molecule has 0 atom stereocenters. The molecule has 4 rings (SSSR count). The summed E-state index contributed by atoms with van der Waals surface area (Å²) in [6.45, 7) is -0.925. The first-order valence-corrected chi connectivity index (χ1v) is 10.6. The van der Waals surface area contributed by atoms with Crippen LogP contribution in [0, 0.1) is 5.41 Å². The zero-order valence-electron chi connectivity index (χ0n) is 19.0. The first-order valence-electron chi connectivity index (χ1n) is 10.6. The minimum absolute atomic E-state index is 0.00312. The lowest BCUT2D eigenvalue weighted by molar-refractivity contribution is -0.274. The van der Waals surface area contributed by atoms with Gasteiger partial charge in [-0.05, 0) is 42.0 Å². The molecule has 1 aliphatic carbocycles. The Bertz CT molecular complexity index is 1490. The van der Waals surface area contributed by atoms with E-state index in [9.17, 15) is 26.7 Å². The summed E-state index contributed by atoms with van der Waals surface area (Å²) in [6.07, 6.45) is -1.56. The summed E-state index contributed by atoms with van der Waals surface area (Å²) >= 11 is 0. The first-order chi connectivity index (χ1) is 17.6. The predicted octanol–water partition coefficient (Wildman–Crippen LogP) is 4.53. The van der Waals surface area contributed by atoms with Crippen molar-refractivity contribution in [1.82, 2.24) is 20.1 Å². The Morgan fingerprint density at radius 1 is 1.14 bits per heavy atom. The average molecular weight is 519 g/mol. The normalized spacial score (nSPS) is 14.8. The third-order valence-electron chi connectivity index (χ3n) is 5.01. The Labute approximate surface area is 205 Å². The zero-order valence-corrected chi connectivity index (χ0v) is 19.0. The molecule has 3 aromatic rings. The van der Waals surface area contributed by atoms with Crippen molar-refractivity contribution < 1.29 is 31.4 Å². The number of fused-ring (bicyclic) bond motifs is 1. The molecule has 1 aromatic carbocycles. The van der Waals surface area contributed by atoms with Crippen molar-refractivity contribution in [2.45, 2.75) is 12.8 Å². The Morgan fingerprint density at radius 2 is 1.86 bits per heavy atom. The summed E-state index contributed by atoms with van der Waals surface area (Å²) in [7, 11) is 1.65. The fraction of sp³-hybridized carbons (Fsp3) is 0.167. The molecule has 2 heterocycles. The number of hydrogen-bond donors (Lipinski definition) is 2. The van der Waals surface area contributed by atoms with Crippen molar-refractivity contribution >= 4 is 22.4 Å². The second kappa shape index (κ2) is 10.2. The SMILES string of the molecule is CN/C=C1/C=C(n2nc3ccc(OCC(F)F)nc3c(-c3ccc(OC(F)(F)F)cc3)c2=O)C=CC1=N. The van der Waals surface area contributed by atoms with E-state index in [1.54, 1.807) is 19.3 Å². The molecule has 0 aliphatic heterocycles. The highest BCUT2D eigenvalue weighted by Crippen LogP contribution is 2.29. The lowest BCUT2D eigenvalue weighted by atomic mass is 10.0. The minimum atomic E-state index is -4.90. The second-order valence-electron chi connectivity index (χ2n) is 7.59. The van der Waals surface area contributed by atoms with E-state index >= 15 is 0 Å². The van der Waals surface area contributed by atoms with Gasteiger partial charge in [-0.1, -0.05) is 12.1 Å². The molecular formula is C24H18F5N5O3. The van der Waals surface area contributed by atoms with Gasteiger partial charge >= 0.3 is 6.36 Å². The van der Waals surface area contributed by atoms with Crippen molar-refractivity contribution in [2.75, 3.05) is 13.7 Å². The van der Waals surface area contributed by atoms with Crippen LogP contribution in [-0.4, -0.2) is 46.9 Å². The number of halogens is 5. The van der Waals surface area contributed by atoms with E-state index in [0.717, 1.165) is 16.8 Å². The quantitative estimate of drug-likeness (QED) is 0.445. The van der Waals surface area contributed by atoms with E-state index in [1.807, 2.05) is 0 Å². The van der Waals surface area contributed by atoms with Gasteiger partial charge in [-0.15, -0.1) is 13.2 Å². The molecule has 0 spiro atoms. The Hall–Kier alpha value is -4.55. The highest BCUT2D eigenvalue weighted by Gasteiger charge is 2.31. The van der Waals surface area contributed by atoms with E-state index in [4.69, 9.17) is 10.1 Å². The Morgan fingerprint density at radius 3 is 2.51 bits per heavy atom. The summed E-state index contributed by atoms with van der Waals surface area (Å²) in [5, 5.41) is 15.2. The second-order valence-corrected chi connectivity index (χ2v) is 7.59. The number of pyridine rings is 1. The number of benzene rings is 1. The van der Waals surface area contributed by atoms with Crippen molar-refractivity contribution in [2.24, 2.45) is 0 Å². The predicted molar refractivity (Wildman–Crippen MR) is 126 cm³/mol. The van der Waals surface area contributed by atoms with E-state index in [0.29, 0.717) is 11.3 Å². The molecule has 0 fully saturated rings. The van der Waals surface area contributed by atoms with Crippen LogP contribution in [0.3, 0.4) is 0 Å². The van der Waals surface area contributed by atoms with Crippen molar-refractivity contribution in [3.8, 4) is 22.8 Å². The molecule has 192 valence electrons. The van der Waals surface area contributed by atoms with Crippen LogP contribution in [0.1, 0.15) is 0 Å². The molecule has 0 amide bonds. The molecular weight excluding hydrogens is 501 g/mol. The van der Waals surface area contributed by atoms with Gasteiger partial charge in [0, 0.05) is 24.9 Å². The summed E-state index contributed by atoms with van der Waals surface area (Å²) in [5.74, 6) is -0.684. The molecule has 37 heavy (non-hydrogen) atoms. The molecule has 0 saturated heterocycles. The highest BCUT2D eigenvalue weighted by atomic mass is 19.4. The van der Waals surface area contributed by atoms with Crippen LogP contribution in [0.2, 0.25) is 0 Å². The molecule has 8 nitrogen and oxygen atoms in total. The van der Waals surface area contributed by atoms with Crippen LogP contribution in [0.25, 0.3) is 27.9 Å². The van der Waals surface area contributed by atoms with Crippen molar-refractivity contribution in [1.29, 1.82) is 5.41 Å². The molecule has 0 bridgehead atoms. The van der Waals surface area contributed by atoms with E-state index in [1.165, 1.54) is 36.4 Å². The smallest absolute Gasteiger partial charge is 0.472 e. The van der Waals surface area contributed by atoms with Gasteiger partial charge in [0.15, 0.2) is 6.61 Å². The Kier molecular flexibility index (Phi) is 7.05. The zero-order chi connectivity index (χ0) is 26.7. The number of nitrogens with zero attached hydrogens (tertiary/aromatic N) is 3. The number of hydrogen-bond acceptors (Lipinski definition) is 7. The number of rotatable bonds is 7. The van der Waals surface area contributed by atoms with Gasteiger partial charge in [0.25, 0.3) is 12.0 Å². The maximum absolute atomic E-state index is 13.6. The van der Waals surface area contributed by atoms with Crippen LogP contribution < -0.4 is 20.3 Å². The Balaban J connectivity index is 1.91. The van der Waals surface area contributed by atoms with Gasteiger partial charge < -0.3 is 20.2 Å². The highest BCUT2D eigenvalue weighted by molar-refractivity contribution is 6.12. The standard InChI is InChI=1S/C24H18F5N5O3/c1-31-11-14-10-15(4-7-17(14)30)34-23(35)21(13-2-5-16(6-3-13)37-24(27,28)29)22-18(33-34)8-9-20(32-22)36-12-19(25)26/h2-11,19,30-31H,12H2,1H3/b14-11-,30-17?. The summed E-state index contributed by atoms with van der Waals surface area (Å²) in [6, 6.07) is 7.27. The van der Waals surface area contributed by atoms with Gasteiger partial charge in [0.05, 0.1) is 17.0 Å². The largest absolute Gasteiger partial charge is 0.573 e. The molecule has 13 heteroatoms. The summed E-state index contributed by atoms with van der Waals surface area (Å²) < 4.78 is 72.9. The third kappa shape index (κ3) is 5.82. The number of ether oxygens (including phenoxy) is 2. The van der Waals surface area contributed by atoms with Crippen LogP contribution in [0.5, 0.6) is 11.6 Å². The van der Waals surface area contributed by atoms with Gasteiger partial charge in [-0.2, -0.15) is 9.78 Å². The molecule has 1 aliphatic rings. The number of aromatic nitrogens is 3. The number of alkyl halides is 5. The van der Waals surface area contributed by atoms with E-state index in [-0.39, 0.29) is 33.8 Å². The molecule has 2 aromatic heterocycles. The maximum atomic E-state index is 13.6. The fourth-order valence-corrected chi connectivity index (χ4v) is 3.50. The van der Waals surface area contributed by atoms with Gasteiger partial charge in [-0.3, -0.25) is 4.79 Å². The fourth-order valence-electron chi connectivity index (χ4n) is 3.50. The molecule has 0 radical (unpaired) electrons. The lowest BCUT2D eigenvalue weighted by Crippen LogP contribution is -2.25. The first kappa shape index (κ1) is 25.5. The van der Waals surface area contributed by atoms with Crippen molar-refractivity contribution in [3.05, 3.63) is 76.8 Å². The van der Waals surface area contributed by atoms with Gasteiger partial charge in [-0.25, -0.2) is 13.8 Å². The van der Waals surface area contributed by atoms with Crippen LogP contribution in [0.15, 0.2) is 71.2 Å². The minimum Gasteiger partial charge on any atom is -0.472 e. The van der Waals surface area contributed by atoms with Gasteiger partial charge in [0.2, 0.25) is 5.88 Å². The lowest BCUT2D eigenvalue weighted by Gasteiger charge is -2.15. The monoisotopic (exact) mass is 519 g/mol. The van der Waals surface area contributed by atoms with Crippen molar-refractivity contribution in [3.63, 3.8) is 0 Å². The van der Waals surface area contributed by atoms with E-state index in [2.05, 4.69) is 20.1 Å². The average Bonchev–Trinajstić information content (AvgIpc) is 2.84. The third-order valence-corrected chi connectivity index (χ3v) is 5.01. The summed E-state index contributed by atoms with van der Waals surface area (Å²) in [5.41, 5.74) is 0.580. The van der Waals surface area contributed by atoms with E-state index < -0.39 is 30.7 Å².